The van der Waals surface area contributed by atoms with Crippen molar-refractivity contribution in [2.24, 2.45) is 0 Å². The van der Waals surface area contributed by atoms with E-state index in [1.165, 1.54) is 4.90 Å². The predicted molar refractivity (Wildman–Crippen MR) is 74.1 cm³/mol. The van der Waals surface area contributed by atoms with Crippen LogP contribution in [0.1, 0.15) is 17.5 Å². The molecule has 2 heterocycles. The number of nitrogens with zero attached hydrogens (tertiary/aromatic N) is 1. The molecule has 1 fully saturated rings. The average molecular weight is 289 g/mol. The summed E-state index contributed by atoms with van der Waals surface area (Å²) in [7, 11) is 0. The number of furan rings is 1. The molecule has 1 saturated heterocycles. The second-order valence-corrected chi connectivity index (χ2v) is 5.13. The topological polar surface area (TPSA) is 80.0 Å². The molecule has 2 aromatic rings. The molecule has 6 heteroatoms. The third kappa shape index (κ3) is 2.62. The number of amides is 1. The Morgan fingerprint density at radius 2 is 2.05 bits per heavy atom. The van der Waals surface area contributed by atoms with Crippen molar-refractivity contribution in [2.75, 3.05) is 13.1 Å². The van der Waals surface area contributed by atoms with Gasteiger partial charge in [-0.2, -0.15) is 0 Å². The van der Waals surface area contributed by atoms with Crippen molar-refractivity contribution in [3.8, 4) is 0 Å². The fraction of sp³-hybridized carbons (Fsp3) is 0.333. The lowest BCUT2D eigenvalue weighted by Gasteiger charge is -2.34. The monoisotopic (exact) mass is 289 g/mol. The number of morpholine rings is 1. The smallest absolute Gasteiger partial charge is 0.334 e. The largest absolute Gasteiger partial charge is 0.479 e. The Labute approximate surface area is 120 Å². The highest BCUT2D eigenvalue weighted by molar-refractivity contribution is 5.96. The summed E-state index contributed by atoms with van der Waals surface area (Å²) >= 11 is 0. The molecule has 0 bridgehead atoms. The zero-order chi connectivity index (χ0) is 15.0. The highest BCUT2D eigenvalue weighted by Crippen LogP contribution is 2.21. The van der Waals surface area contributed by atoms with Gasteiger partial charge in [-0.1, -0.05) is 18.2 Å². The number of benzene rings is 1. The summed E-state index contributed by atoms with van der Waals surface area (Å²) in [6.45, 7) is 2.11. The molecule has 1 aromatic heterocycles. The second-order valence-electron chi connectivity index (χ2n) is 5.13. The van der Waals surface area contributed by atoms with Crippen molar-refractivity contribution < 1.29 is 23.8 Å². The Kier molecular flexibility index (Phi) is 3.39. The summed E-state index contributed by atoms with van der Waals surface area (Å²) in [5, 5.41) is 9.90. The second kappa shape index (κ2) is 5.21. The van der Waals surface area contributed by atoms with Crippen molar-refractivity contribution >= 4 is 22.8 Å². The summed E-state index contributed by atoms with van der Waals surface area (Å²) in [4.78, 5) is 25.0. The Morgan fingerprint density at radius 1 is 1.29 bits per heavy atom. The molecule has 21 heavy (non-hydrogen) atoms. The number of hydrogen-bond donors (Lipinski definition) is 1. The van der Waals surface area contributed by atoms with Crippen LogP contribution >= 0.6 is 0 Å². The van der Waals surface area contributed by atoms with Gasteiger partial charge in [0, 0.05) is 11.9 Å². The van der Waals surface area contributed by atoms with Crippen molar-refractivity contribution in [3.05, 3.63) is 36.1 Å². The zero-order valence-corrected chi connectivity index (χ0v) is 11.5. The Hall–Kier alpha value is -2.34. The van der Waals surface area contributed by atoms with E-state index in [0.717, 1.165) is 5.39 Å². The first-order valence-electron chi connectivity index (χ1n) is 6.70. The molecule has 1 N–H and O–H groups in total. The molecule has 0 radical (unpaired) electrons. The fourth-order valence-electron chi connectivity index (χ4n) is 2.50. The molecule has 1 aliphatic heterocycles. The van der Waals surface area contributed by atoms with E-state index in [2.05, 4.69) is 0 Å². The van der Waals surface area contributed by atoms with E-state index in [1.807, 2.05) is 18.2 Å². The summed E-state index contributed by atoms with van der Waals surface area (Å²) < 4.78 is 10.8. The molecule has 110 valence electrons. The minimum atomic E-state index is -1.07. The van der Waals surface area contributed by atoms with E-state index in [-0.39, 0.29) is 24.3 Å². The summed E-state index contributed by atoms with van der Waals surface area (Å²) in [5.41, 5.74) is 0.636. The van der Waals surface area contributed by atoms with Gasteiger partial charge in [0.2, 0.25) is 0 Å². The van der Waals surface area contributed by atoms with Crippen LogP contribution in [-0.4, -0.2) is 47.2 Å². The first kappa shape index (κ1) is 13.6. The van der Waals surface area contributed by atoms with Gasteiger partial charge < -0.3 is 19.2 Å². The van der Waals surface area contributed by atoms with Gasteiger partial charge in [-0.15, -0.1) is 0 Å². The SMILES string of the molecule is C[C@@H]1CN(C(=O)c2cc3ccccc3o2)CC(C(=O)O)O1. The van der Waals surface area contributed by atoms with Crippen LogP contribution in [-0.2, 0) is 9.53 Å². The molecule has 6 nitrogen and oxygen atoms in total. The molecular weight excluding hydrogens is 274 g/mol. The highest BCUT2D eigenvalue weighted by Gasteiger charge is 2.34. The van der Waals surface area contributed by atoms with Crippen molar-refractivity contribution in [1.82, 2.24) is 4.90 Å². The van der Waals surface area contributed by atoms with Crippen molar-refractivity contribution in [2.45, 2.75) is 19.1 Å². The molecule has 2 atom stereocenters. The molecule has 1 amide bonds. The zero-order valence-electron chi connectivity index (χ0n) is 11.5. The lowest BCUT2D eigenvalue weighted by Crippen LogP contribution is -2.51. The highest BCUT2D eigenvalue weighted by atomic mass is 16.5. The van der Waals surface area contributed by atoms with Gasteiger partial charge in [-0.3, -0.25) is 4.79 Å². The van der Waals surface area contributed by atoms with E-state index in [0.29, 0.717) is 12.1 Å². The Balaban J connectivity index is 1.85. The van der Waals surface area contributed by atoms with Crippen LogP contribution in [0.5, 0.6) is 0 Å². The third-order valence-corrected chi connectivity index (χ3v) is 3.46. The molecule has 1 aromatic carbocycles. The summed E-state index contributed by atoms with van der Waals surface area (Å²) in [5.74, 6) is -1.16. The van der Waals surface area contributed by atoms with Crippen LogP contribution in [0.2, 0.25) is 0 Å². The molecule has 0 aliphatic carbocycles. The van der Waals surface area contributed by atoms with Crippen LogP contribution in [0.3, 0.4) is 0 Å². The molecule has 0 saturated carbocycles. The van der Waals surface area contributed by atoms with Crippen LogP contribution < -0.4 is 0 Å². The summed E-state index contributed by atoms with van der Waals surface area (Å²) in [6.07, 6.45) is -1.32. The minimum Gasteiger partial charge on any atom is -0.479 e. The van der Waals surface area contributed by atoms with E-state index in [1.54, 1.807) is 19.1 Å². The summed E-state index contributed by atoms with van der Waals surface area (Å²) in [6, 6.07) is 9.01. The minimum absolute atomic E-state index is 0.0234. The molecule has 0 spiro atoms. The maximum Gasteiger partial charge on any atom is 0.334 e. The lowest BCUT2D eigenvalue weighted by atomic mass is 10.2. The first-order chi connectivity index (χ1) is 10.0. The number of rotatable bonds is 2. The van der Waals surface area contributed by atoms with Crippen LogP contribution in [0, 0.1) is 0 Å². The quantitative estimate of drug-likeness (QED) is 0.911. The van der Waals surface area contributed by atoms with E-state index < -0.39 is 12.1 Å². The number of aliphatic carboxylic acids is 1. The van der Waals surface area contributed by atoms with Crippen LogP contribution in [0.15, 0.2) is 34.7 Å². The van der Waals surface area contributed by atoms with Gasteiger partial charge in [-0.05, 0) is 19.1 Å². The molecule has 1 unspecified atom stereocenters. The molecule has 3 rings (SSSR count). The van der Waals surface area contributed by atoms with Gasteiger partial charge in [0.25, 0.3) is 5.91 Å². The maximum absolute atomic E-state index is 12.5. The predicted octanol–water partition coefficient (Wildman–Crippen LogP) is 1.75. The number of carbonyl (C=O) groups is 2. The van der Waals surface area contributed by atoms with E-state index >= 15 is 0 Å². The number of fused-ring (bicyclic) bond motifs is 1. The number of carboxylic acid groups (broad SMARTS) is 1. The number of hydrogen-bond acceptors (Lipinski definition) is 4. The standard InChI is InChI=1S/C15H15NO5/c1-9-7-16(8-13(20-9)15(18)19)14(17)12-6-10-4-2-3-5-11(10)21-12/h2-6,9,13H,7-8H2,1H3,(H,18,19)/t9-,13?/m1/s1. The van der Waals surface area contributed by atoms with Crippen molar-refractivity contribution in [3.63, 3.8) is 0 Å². The number of ether oxygens (including phenoxy) is 1. The Morgan fingerprint density at radius 3 is 2.76 bits per heavy atom. The number of carbonyl (C=O) groups excluding carboxylic acids is 1. The van der Waals surface area contributed by atoms with E-state index in [9.17, 15) is 9.59 Å². The van der Waals surface area contributed by atoms with Crippen molar-refractivity contribution in [1.29, 1.82) is 0 Å². The van der Waals surface area contributed by atoms with E-state index in [4.69, 9.17) is 14.3 Å². The average Bonchev–Trinajstić information content (AvgIpc) is 2.89. The molecule has 1 aliphatic rings. The molecular formula is C15H15NO5. The Bertz CT molecular complexity index is 659. The third-order valence-electron chi connectivity index (χ3n) is 3.46. The van der Waals surface area contributed by atoms with Gasteiger partial charge in [0.05, 0.1) is 12.6 Å². The van der Waals surface area contributed by atoms with Gasteiger partial charge in [0.15, 0.2) is 11.9 Å². The number of carboxylic acids is 1. The maximum atomic E-state index is 12.5. The van der Waals surface area contributed by atoms with Gasteiger partial charge >= 0.3 is 5.97 Å². The van der Waals surface area contributed by atoms with Crippen LogP contribution in [0.4, 0.5) is 0 Å². The number of para-hydroxylation sites is 1. The van der Waals surface area contributed by atoms with Crippen LogP contribution in [0.25, 0.3) is 11.0 Å². The first-order valence-corrected chi connectivity index (χ1v) is 6.70. The lowest BCUT2D eigenvalue weighted by molar-refractivity contribution is -0.160. The normalized spacial score (nSPS) is 22.4. The fourth-order valence-corrected chi connectivity index (χ4v) is 2.50. The van der Waals surface area contributed by atoms with Gasteiger partial charge in [-0.25, -0.2) is 4.79 Å². The van der Waals surface area contributed by atoms with Gasteiger partial charge in [0.1, 0.15) is 5.58 Å².